The van der Waals surface area contributed by atoms with Gasteiger partial charge in [-0.25, -0.2) is 0 Å². The van der Waals surface area contributed by atoms with Crippen LogP contribution in [0.2, 0.25) is 0 Å². The highest BCUT2D eigenvalue weighted by molar-refractivity contribution is 14.0. The van der Waals surface area contributed by atoms with Gasteiger partial charge in [0, 0.05) is 39.3 Å². The average Bonchev–Trinajstić information content (AvgIpc) is 2.56. The van der Waals surface area contributed by atoms with Crippen LogP contribution >= 0.6 is 24.0 Å². The number of ether oxygens (including phenoxy) is 1. The number of benzene rings is 1. The maximum absolute atomic E-state index is 5.28. The maximum atomic E-state index is 5.28. The van der Waals surface area contributed by atoms with Gasteiger partial charge in [-0.05, 0) is 37.2 Å². The molecular weight excluding hydrogens is 437 g/mol. The molecule has 148 valence electrons. The smallest absolute Gasteiger partial charge is 0.191 e. The van der Waals surface area contributed by atoms with Crippen LogP contribution in [0.5, 0.6) is 0 Å². The van der Waals surface area contributed by atoms with Gasteiger partial charge in [0.2, 0.25) is 0 Å². The van der Waals surface area contributed by atoms with Gasteiger partial charge in [0.05, 0.1) is 0 Å². The summed E-state index contributed by atoms with van der Waals surface area (Å²) in [6.45, 7) is 9.32. The first-order chi connectivity index (χ1) is 11.9. The predicted molar refractivity (Wildman–Crippen MR) is 122 cm³/mol. The fourth-order valence-electron chi connectivity index (χ4n) is 3.41. The summed E-state index contributed by atoms with van der Waals surface area (Å²) < 4.78 is 5.28. The van der Waals surface area contributed by atoms with Crippen LogP contribution in [0.15, 0.2) is 29.3 Å². The van der Waals surface area contributed by atoms with E-state index in [1.807, 2.05) is 7.05 Å². The highest BCUT2D eigenvalue weighted by Crippen LogP contribution is 2.43. The van der Waals surface area contributed by atoms with Crippen LogP contribution in [-0.2, 0) is 10.2 Å². The zero-order valence-electron chi connectivity index (χ0n) is 17.0. The Morgan fingerprint density at radius 1 is 1.19 bits per heavy atom. The molecule has 2 rings (SSSR count). The SMILES string of the molecule is CN=C(NCC1(CCOC)CCC1)NCC(C)(C)c1ccc(C)cc1.I. The maximum Gasteiger partial charge on any atom is 0.191 e. The lowest BCUT2D eigenvalue weighted by Gasteiger charge is -2.42. The number of nitrogens with zero attached hydrogens (tertiary/aromatic N) is 1. The number of aryl methyl sites for hydroxylation is 1. The fraction of sp³-hybridized carbons (Fsp3) is 0.667. The molecule has 26 heavy (non-hydrogen) atoms. The molecule has 1 aliphatic rings. The van der Waals surface area contributed by atoms with E-state index in [0.717, 1.165) is 32.1 Å². The molecule has 0 heterocycles. The van der Waals surface area contributed by atoms with Crippen LogP contribution in [0, 0.1) is 12.3 Å². The molecule has 0 atom stereocenters. The number of methoxy groups -OCH3 is 1. The van der Waals surface area contributed by atoms with E-state index >= 15 is 0 Å². The molecule has 0 aliphatic heterocycles. The van der Waals surface area contributed by atoms with Crippen molar-refractivity contribution >= 4 is 29.9 Å². The molecule has 0 aromatic heterocycles. The van der Waals surface area contributed by atoms with Gasteiger partial charge in [0.1, 0.15) is 0 Å². The van der Waals surface area contributed by atoms with Crippen molar-refractivity contribution in [1.29, 1.82) is 0 Å². The van der Waals surface area contributed by atoms with Gasteiger partial charge in [-0.15, -0.1) is 24.0 Å². The predicted octanol–water partition coefficient (Wildman–Crippen LogP) is 4.26. The Kier molecular flexibility index (Phi) is 9.38. The summed E-state index contributed by atoms with van der Waals surface area (Å²) >= 11 is 0. The standard InChI is InChI=1S/C21H35N3O.HI/c1-17-7-9-18(10-8-17)20(2,3)15-23-19(22-4)24-16-21(11-6-12-21)13-14-25-5;/h7-10H,6,11-16H2,1-5H3,(H2,22,23,24);1H. The highest BCUT2D eigenvalue weighted by atomic mass is 127. The summed E-state index contributed by atoms with van der Waals surface area (Å²) in [5, 5.41) is 7.04. The fourth-order valence-corrected chi connectivity index (χ4v) is 3.41. The van der Waals surface area contributed by atoms with Gasteiger partial charge < -0.3 is 15.4 Å². The Hall–Kier alpha value is -0.820. The average molecular weight is 473 g/mol. The minimum absolute atomic E-state index is 0. The third-order valence-electron chi connectivity index (χ3n) is 5.64. The summed E-state index contributed by atoms with van der Waals surface area (Å²) in [5.74, 6) is 0.892. The van der Waals surface area contributed by atoms with Gasteiger partial charge >= 0.3 is 0 Å². The van der Waals surface area contributed by atoms with Crippen molar-refractivity contribution in [2.45, 2.75) is 51.9 Å². The second kappa shape index (κ2) is 10.5. The van der Waals surface area contributed by atoms with Crippen molar-refractivity contribution in [3.63, 3.8) is 0 Å². The van der Waals surface area contributed by atoms with Crippen LogP contribution in [0.3, 0.4) is 0 Å². The first kappa shape index (κ1) is 23.2. The normalized spacial score (nSPS) is 16.4. The largest absolute Gasteiger partial charge is 0.385 e. The topological polar surface area (TPSA) is 45.7 Å². The Morgan fingerprint density at radius 3 is 2.35 bits per heavy atom. The van der Waals surface area contributed by atoms with E-state index in [-0.39, 0.29) is 29.4 Å². The first-order valence-electron chi connectivity index (χ1n) is 9.41. The number of hydrogen-bond donors (Lipinski definition) is 2. The number of rotatable bonds is 8. The molecule has 1 aliphatic carbocycles. The monoisotopic (exact) mass is 473 g/mol. The van der Waals surface area contributed by atoms with E-state index in [1.165, 1.54) is 30.4 Å². The highest BCUT2D eigenvalue weighted by Gasteiger charge is 2.36. The van der Waals surface area contributed by atoms with Crippen molar-refractivity contribution in [2.75, 3.05) is 33.9 Å². The molecular formula is C21H36IN3O. The van der Waals surface area contributed by atoms with Crippen molar-refractivity contribution < 1.29 is 4.74 Å². The molecule has 2 N–H and O–H groups in total. The molecule has 0 radical (unpaired) electrons. The van der Waals surface area contributed by atoms with E-state index in [1.54, 1.807) is 7.11 Å². The second-order valence-electron chi connectivity index (χ2n) is 8.13. The second-order valence-corrected chi connectivity index (χ2v) is 8.13. The molecule has 0 amide bonds. The number of nitrogens with one attached hydrogen (secondary N) is 2. The lowest BCUT2D eigenvalue weighted by atomic mass is 9.67. The molecule has 0 bridgehead atoms. The lowest BCUT2D eigenvalue weighted by Crippen LogP contribution is -2.49. The van der Waals surface area contributed by atoms with Crippen LogP contribution in [-0.4, -0.2) is 39.8 Å². The van der Waals surface area contributed by atoms with Gasteiger partial charge in [-0.2, -0.15) is 0 Å². The van der Waals surface area contributed by atoms with Gasteiger partial charge in [0.15, 0.2) is 5.96 Å². The van der Waals surface area contributed by atoms with Crippen LogP contribution in [0.25, 0.3) is 0 Å². The molecule has 1 saturated carbocycles. The molecule has 5 heteroatoms. The summed E-state index contributed by atoms with van der Waals surface area (Å²) in [4.78, 5) is 4.40. The number of aliphatic imine (C=N–C) groups is 1. The van der Waals surface area contributed by atoms with Crippen LogP contribution in [0.4, 0.5) is 0 Å². The minimum atomic E-state index is 0. The third kappa shape index (κ3) is 6.41. The van der Waals surface area contributed by atoms with E-state index < -0.39 is 0 Å². The molecule has 0 spiro atoms. The van der Waals surface area contributed by atoms with E-state index in [0.29, 0.717) is 5.41 Å². The first-order valence-corrected chi connectivity index (χ1v) is 9.41. The van der Waals surface area contributed by atoms with Gasteiger partial charge in [-0.3, -0.25) is 4.99 Å². The summed E-state index contributed by atoms with van der Waals surface area (Å²) in [7, 11) is 3.63. The Bertz CT molecular complexity index is 565. The summed E-state index contributed by atoms with van der Waals surface area (Å²) in [6, 6.07) is 8.81. The van der Waals surface area contributed by atoms with Crippen molar-refractivity contribution in [3.8, 4) is 0 Å². The quantitative estimate of drug-likeness (QED) is 0.337. The number of halogens is 1. The van der Waals surface area contributed by atoms with Crippen molar-refractivity contribution in [3.05, 3.63) is 35.4 Å². The lowest BCUT2D eigenvalue weighted by molar-refractivity contribution is 0.0732. The molecule has 1 aromatic rings. The van der Waals surface area contributed by atoms with Crippen LogP contribution < -0.4 is 10.6 Å². The Morgan fingerprint density at radius 2 is 1.85 bits per heavy atom. The minimum Gasteiger partial charge on any atom is -0.385 e. The van der Waals surface area contributed by atoms with Gasteiger partial charge in [-0.1, -0.05) is 50.1 Å². The molecule has 1 fully saturated rings. The Balaban J connectivity index is 0.00000338. The molecule has 0 unspecified atom stereocenters. The van der Waals surface area contributed by atoms with Crippen LogP contribution in [0.1, 0.15) is 50.7 Å². The van der Waals surface area contributed by atoms with Gasteiger partial charge in [0.25, 0.3) is 0 Å². The molecule has 0 saturated heterocycles. The van der Waals surface area contributed by atoms with Crippen molar-refractivity contribution in [1.82, 2.24) is 10.6 Å². The summed E-state index contributed by atoms with van der Waals surface area (Å²) in [6.07, 6.45) is 5.03. The zero-order chi connectivity index (χ0) is 18.3. The Labute approximate surface area is 176 Å². The number of hydrogen-bond acceptors (Lipinski definition) is 2. The summed E-state index contributed by atoms with van der Waals surface area (Å²) in [5.41, 5.74) is 3.08. The zero-order valence-corrected chi connectivity index (χ0v) is 19.4. The molecule has 1 aromatic carbocycles. The number of guanidine groups is 1. The van der Waals surface area contributed by atoms with E-state index in [4.69, 9.17) is 4.74 Å². The van der Waals surface area contributed by atoms with E-state index in [9.17, 15) is 0 Å². The van der Waals surface area contributed by atoms with Crippen molar-refractivity contribution in [2.24, 2.45) is 10.4 Å². The molecule has 4 nitrogen and oxygen atoms in total. The van der Waals surface area contributed by atoms with E-state index in [2.05, 4.69) is 60.7 Å². The third-order valence-corrected chi connectivity index (χ3v) is 5.64.